The van der Waals surface area contributed by atoms with Crippen LogP contribution >= 0.6 is 0 Å². The van der Waals surface area contributed by atoms with Crippen molar-refractivity contribution in [3.8, 4) is 5.88 Å². The first-order valence-corrected chi connectivity index (χ1v) is 16.1. The maximum atomic E-state index is 13.3. The van der Waals surface area contributed by atoms with Gasteiger partial charge in [-0.25, -0.2) is 13.4 Å². The van der Waals surface area contributed by atoms with Gasteiger partial charge in [-0.1, -0.05) is 12.1 Å². The Labute approximate surface area is 242 Å². The first-order chi connectivity index (χ1) is 19.5. The second-order valence-corrected chi connectivity index (χ2v) is 13.6. The van der Waals surface area contributed by atoms with Crippen LogP contribution in [0.1, 0.15) is 65.9 Å². The molecule has 3 aromatic rings. The van der Waals surface area contributed by atoms with Crippen molar-refractivity contribution in [3.05, 3.63) is 77.5 Å². The molecule has 2 aliphatic rings. The van der Waals surface area contributed by atoms with E-state index in [9.17, 15) is 13.2 Å². The molecule has 0 spiro atoms. The molecule has 0 radical (unpaired) electrons. The van der Waals surface area contributed by atoms with E-state index in [2.05, 4.69) is 26.8 Å². The van der Waals surface area contributed by atoms with Crippen molar-refractivity contribution in [1.82, 2.24) is 24.8 Å². The van der Waals surface area contributed by atoms with Crippen molar-refractivity contribution in [3.63, 3.8) is 0 Å². The molecule has 9 nitrogen and oxygen atoms in total. The van der Waals surface area contributed by atoms with Crippen molar-refractivity contribution in [2.75, 3.05) is 32.4 Å². The van der Waals surface area contributed by atoms with E-state index in [-0.39, 0.29) is 23.5 Å². The van der Waals surface area contributed by atoms with Gasteiger partial charge in [-0.2, -0.15) is 0 Å². The molecule has 218 valence electrons. The molecule has 2 fully saturated rings. The summed E-state index contributed by atoms with van der Waals surface area (Å²) >= 11 is 0. The maximum Gasteiger partial charge on any atom is 0.255 e. The third kappa shape index (κ3) is 6.43. The van der Waals surface area contributed by atoms with Crippen molar-refractivity contribution in [2.24, 2.45) is 5.92 Å². The normalized spacial score (nSPS) is 19.1. The lowest BCUT2D eigenvalue weighted by Gasteiger charge is -2.49. The second kappa shape index (κ2) is 11.9. The first-order valence-electron chi connectivity index (χ1n) is 14.2. The quantitative estimate of drug-likeness (QED) is 0.406. The van der Waals surface area contributed by atoms with Gasteiger partial charge in [-0.15, -0.1) is 0 Å². The van der Waals surface area contributed by atoms with Crippen LogP contribution < -0.4 is 4.74 Å². The zero-order valence-corrected chi connectivity index (χ0v) is 25.1. The van der Waals surface area contributed by atoms with Crippen LogP contribution in [-0.2, 0) is 9.84 Å². The first kappa shape index (κ1) is 29.1. The van der Waals surface area contributed by atoms with Crippen molar-refractivity contribution in [2.45, 2.75) is 63.0 Å². The molecule has 1 aromatic carbocycles. The van der Waals surface area contributed by atoms with Gasteiger partial charge in [0.1, 0.15) is 6.10 Å². The number of carbonyl (C=O) groups is 1. The lowest BCUT2D eigenvalue weighted by Crippen LogP contribution is -2.56. The molecule has 0 saturated carbocycles. The average molecular weight is 578 g/mol. The SMILES string of the molecule is Cc1ccnc(C)c1C(=O)N1CCC(C)(N2CCC(C(Oc3cnccn3)c3ccc(S(C)(=O)=O)cc3)CC2)CC1. The molecular formula is C31H39N5O4S. The number of likely N-dealkylation sites (tertiary alicyclic amines) is 2. The van der Waals surface area contributed by atoms with E-state index in [1.807, 2.05) is 36.9 Å². The van der Waals surface area contributed by atoms with E-state index in [1.54, 1.807) is 36.9 Å². The Morgan fingerprint density at radius 3 is 2.24 bits per heavy atom. The number of ether oxygens (including phenoxy) is 1. The summed E-state index contributed by atoms with van der Waals surface area (Å²) in [6, 6.07) is 8.90. The molecule has 0 bridgehead atoms. The molecule has 0 N–H and O–H groups in total. The Kier molecular flexibility index (Phi) is 8.42. The number of hydrogen-bond donors (Lipinski definition) is 0. The lowest BCUT2D eigenvalue weighted by atomic mass is 9.82. The van der Waals surface area contributed by atoms with Crippen molar-refractivity contribution >= 4 is 15.7 Å². The molecule has 0 aliphatic carbocycles. The number of sulfone groups is 1. The zero-order chi connectivity index (χ0) is 29.2. The minimum Gasteiger partial charge on any atom is -0.468 e. The molecule has 1 unspecified atom stereocenters. The molecule has 1 amide bonds. The molecule has 2 aliphatic heterocycles. The number of rotatable bonds is 7. The predicted octanol–water partition coefficient (Wildman–Crippen LogP) is 4.42. The largest absolute Gasteiger partial charge is 0.468 e. The fourth-order valence-electron chi connectivity index (χ4n) is 6.24. The number of benzene rings is 1. The minimum atomic E-state index is -3.28. The number of nitrogens with zero attached hydrogens (tertiary/aromatic N) is 5. The fourth-order valence-corrected chi connectivity index (χ4v) is 6.87. The lowest BCUT2D eigenvalue weighted by molar-refractivity contribution is -0.00621. The monoisotopic (exact) mass is 577 g/mol. The van der Waals surface area contributed by atoms with Gasteiger partial charge in [-0.05, 0) is 88.9 Å². The highest BCUT2D eigenvalue weighted by molar-refractivity contribution is 7.90. The number of amides is 1. The van der Waals surface area contributed by atoms with Crippen molar-refractivity contribution in [1.29, 1.82) is 0 Å². The van der Waals surface area contributed by atoms with Crippen molar-refractivity contribution < 1.29 is 17.9 Å². The second-order valence-electron chi connectivity index (χ2n) is 11.6. The highest BCUT2D eigenvalue weighted by atomic mass is 32.2. The number of pyridine rings is 1. The maximum absolute atomic E-state index is 13.3. The van der Waals surface area contributed by atoms with Crippen LogP contribution in [-0.4, -0.2) is 77.1 Å². The van der Waals surface area contributed by atoms with Crippen LogP contribution in [0, 0.1) is 19.8 Å². The predicted molar refractivity (Wildman–Crippen MR) is 157 cm³/mol. The molecule has 2 saturated heterocycles. The summed E-state index contributed by atoms with van der Waals surface area (Å²) in [5.41, 5.74) is 3.45. The molecule has 2 aromatic heterocycles. The molecule has 4 heterocycles. The van der Waals surface area contributed by atoms with Gasteiger partial charge in [0, 0.05) is 49.4 Å². The summed E-state index contributed by atoms with van der Waals surface area (Å²) in [4.78, 5) is 31.0. The van der Waals surface area contributed by atoms with Gasteiger partial charge in [0.05, 0.1) is 22.3 Å². The Hall–Kier alpha value is -3.37. The zero-order valence-electron chi connectivity index (χ0n) is 24.3. The van der Waals surface area contributed by atoms with E-state index >= 15 is 0 Å². The molecule has 10 heteroatoms. The minimum absolute atomic E-state index is 0.0270. The van der Waals surface area contributed by atoms with Gasteiger partial charge < -0.3 is 9.64 Å². The number of aromatic nitrogens is 3. The van der Waals surface area contributed by atoms with Gasteiger partial charge >= 0.3 is 0 Å². The molecular weight excluding hydrogens is 538 g/mol. The highest BCUT2D eigenvalue weighted by Crippen LogP contribution is 2.39. The Morgan fingerprint density at radius 1 is 0.976 bits per heavy atom. The van der Waals surface area contributed by atoms with Crippen LogP contribution in [0.3, 0.4) is 0 Å². The average Bonchev–Trinajstić information content (AvgIpc) is 2.96. The smallest absolute Gasteiger partial charge is 0.255 e. The number of piperidine rings is 2. The third-order valence-electron chi connectivity index (χ3n) is 8.85. The van der Waals surface area contributed by atoms with Crippen LogP contribution in [0.4, 0.5) is 0 Å². The van der Waals surface area contributed by atoms with E-state index in [4.69, 9.17) is 4.74 Å². The summed E-state index contributed by atoms with van der Waals surface area (Å²) in [7, 11) is -3.28. The van der Waals surface area contributed by atoms with E-state index in [0.29, 0.717) is 10.8 Å². The molecule has 1 atom stereocenters. The third-order valence-corrected chi connectivity index (χ3v) is 9.97. The topological polar surface area (TPSA) is 106 Å². The fraction of sp³-hybridized carbons (Fsp3) is 0.484. The number of aryl methyl sites for hydroxylation is 2. The van der Waals surface area contributed by atoms with Gasteiger partial charge in [0.25, 0.3) is 5.91 Å². The highest BCUT2D eigenvalue weighted by Gasteiger charge is 2.40. The summed E-state index contributed by atoms with van der Waals surface area (Å²) in [6.07, 6.45) is 11.3. The van der Waals surface area contributed by atoms with Crippen LogP contribution in [0.2, 0.25) is 0 Å². The van der Waals surface area contributed by atoms with Gasteiger partial charge in [0.15, 0.2) is 9.84 Å². The van der Waals surface area contributed by atoms with E-state index in [0.717, 1.165) is 74.2 Å². The molecule has 41 heavy (non-hydrogen) atoms. The van der Waals surface area contributed by atoms with Crippen LogP contribution in [0.15, 0.2) is 60.0 Å². The number of carbonyl (C=O) groups excluding carboxylic acids is 1. The summed E-state index contributed by atoms with van der Waals surface area (Å²) in [6.45, 7) is 9.52. The standard InChI is InChI=1S/C31H39N5O4S/c1-22-9-14-33-23(2)28(22)30(37)35-19-12-31(3,13-20-35)36-17-10-25(11-18-36)29(40-27-21-32-15-16-34-27)24-5-7-26(8-6-24)41(4,38)39/h5-9,14-16,21,25,29H,10-13,17-20H2,1-4H3. The summed E-state index contributed by atoms with van der Waals surface area (Å²) < 4.78 is 30.4. The Balaban J connectivity index is 1.25. The Bertz CT molecular complexity index is 1440. The number of hydrogen-bond acceptors (Lipinski definition) is 8. The van der Waals surface area contributed by atoms with E-state index < -0.39 is 9.84 Å². The van der Waals surface area contributed by atoms with Crippen LogP contribution in [0.25, 0.3) is 0 Å². The van der Waals surface area contributed by atoms with Crippen LogP contribution in [0.5, 0.6) is 5.88 Å². The van der Waals surface area contributed by atoms with E-state index in [1.165, 1.54) is 6.26 Å². The van der Waals surface area contributed by atoms with Gasteiger partial charge in [0.2, 0.25) is 5.88 Å². The summed E-state index contributed by atoms with van der Waals surface area (Å²) in [5.74, 6) is 0.772. The summed E-state index contributed by atoms with van der Waals surface area (Å²) in [5, 5.41) is 0. The van der Waals surface area contributed by atoms with Gasteiger partial charge in [-0.3, -0.25) is 19.7 Å². The Morgan fingerprint density at radius 2 is 1.66 bits per heavy atom. The molecule has 5 rings (SSSR count).